The van der Waals surface area contributed by atoms with Crippen molar-refractivity contribution in [2.24, 2.45) is 0 Å². The Morgan fingerprint density at radius 1 is 1.32 bits per heavy atom. The highest BCUT2D eigenvalue weighted by atomic mass is 16.5. The molecule has 0 aromatic heterocycles. The molecule has 0 amide bonds. The van der Waals surface area contributed by atoms with Crippen LogP contribution >= 0.6 is 0 Å². The third-order valence-electron chi connectivity index (χ3n) is 3.62. The van der Waals surface area contributed by atoms with Crippen molar-refractivity contribution in [2.45, 2.75) is 45.2 Å². The van der Waals surface area contributed by atoms with Crippen molar-refractivity contribution in [3.63, 3.8) is 0 Å². The largest absolute Gasteiger partial charge is 0.468 e. The van der Waals surface area contributed by atoms with Crippen molar-refractivity contribution in [2.75, 3.05) is 41.0 Å². The molecule has 0 heterocycles. The van der Waals surface area contributed by atoms with Gasteiger partial charge in [0.05, 0.1) is 13.7 Å². The number of carbonyl (C=O) groups is 1. The zero-order chi connectivity index (χ0) is 14.9. The van der Waals surface area contributed by atoms with Crippen molar-refractivity contribution >= 4 is 5.97 Å². The first-order chi connectivity index (χ1) is 8.91. The maximum Gasteiger partial charge on any atom is 0.325 e. The van der Waals surface area contributed by atoms with Crippen molar-refractivity contribution in [3.05, 3.63) is 0 Å². The van der Waals surface area contributed by atoms with Gasteiger partial charge in [-0.1, -0.05) is 0 Å². The molecule has 0 radical (unpaired) electrons. The van der Waals surface area contributed by atoms with E-state index >= 15 is 0 Å². The van der Waals surface area contributed by atoms with Gasteiger partial charge in [-0.2, -0.15) is 0 Å². The lowest BCUT2D eigenvalue weighted by Crippen LogP contribution is -2.48. The summed E-state index contributed by atoms with van der Waals surface area (Å²) in [5.74, 6) is -0.206. The van der Waals surface area contributed by atoms with Crippen LogP contribution in [-0.4, -0.2) is 63.4 Å². The molecule has 114 valence electrons. The summed E-state index contributed by atoms with van der Waals surface area (Å²) in [7, 11) is 4.94. The van der Waals surface area contributed by atoms with Crippen molar-refractivity contribution in [1.29, 1.82) is 0 Å². The average molecular weight is 274 g/mol. The number of carbonyl (C=O) groups excluding carboxylic acids is 1. The molecule has 0 rings (SSSR count). The Labute approximate surface area is 117 Å². The van der Waals surface area contributed by atoms with Gasteiger partial charge in [0.25, 0.3) is 0 Å². The third kappa shape index (κ3) is 6.36. The molecule has 1 N–H and O–H groups in total. The Morgan fingerprint density at radius 2 is 1.95 bits per heavy atom. The topological polar surface area (TPSA) is 50.8 Å². The lowest BCUT2D eigenvalue weighted by atomic mass is 9.96. The highest BCUT2D eigenvalue weighted by molar-refractivity contribution is 5.80. The second kappa shape index (κ2) is 9.28. The van der Waals surface area contributed by atoms with Gasteiger partial charge in [0.1, 0.15) is 5.54 Å². The molecule has 1 unspecified atom stereocenters. The maximum atomic E-state index is 11.7. The maximum absolute atomic E-state index is 11.7. The number of rotatable bonds is 10. The molecule has 0 aliphatic carbocycles. The number of esters is 1. The minimum absolute atomic E-state index is 0.206. The number of hydrogen-bond acceptors (Lipinski definition) is 5. The van der Waals surface area contributed by atoms with Crippen LogP contribution in [0.5, 0.6) is 0 Å². The number of hydrogen-bond donors (Lipinski definition) is 1. The number of nitrogens with one attached hydrogen (secondary N) is 1. The molecule has 0 aromatic carbocycles. The van der Waals surface area contributed by atoms with Crippen LogP contribution in [0.2, 0.25) is 0 Å². The fraction of sp³-hybridized carbons (Fsp3) is 0.929. The fourth-order valence-corrected chi connectivity index (χ4v) is 2.03. The van der Waals surface area contributed by atoms with E-state index in [2.05, 4.69) is 24.1 Å². The van der Waals surface area contributed by atoms with Crippen LogP contribution in [0.15, 0.2) is 0 Å². The van der Waals surface area contributed by atoms with Crippen molar-refractivity contribution in [1.82, 2.24) is 10.2 Å². The first kappa shape index (κ1) is 18.4. The summed E-state index contributed by atoms with van der Waals surface area (Å²) < 4.78 is 9.96. The number of nitrogens with zero attached hydrogens (tertiary/aromatic N) is 1. The molecule has 0 spiro atoms. The second-order valence-corrected chi connectivity index (χ2v) is 5.30. The van der Waals surface area contributed by atoms with Crippen LogP contribution in [0.4, 0.5) is 0 Å². The molecule has 0 aromatic rings. The van der Waals surface area contributed by atoms with Gasteiger partial charge in [0, 0.05) is 19.7 Å². The van der Waals surface area contributed by atoms with E-state index in [-0.39, 0.29) is 5.97 Å². The predicted octanol–water partition coefficient (Wildman–Crippen LogP) is 1.27. The number of methoxy groups -OCH3 is 2. The van der Waals surface area contributed by atoms with E-state index in [0.29, 0.717) is 6.04 Å². The molecular weight excluding hydrogens is 244 g/mol. The van der Waals surface area contributed by atoms with Gasteiger partial charge in [-0.15, -0.1) is 0 Å². The van der Waals surface area contributed by atoms with E-state index in [4.69, 9.17) is 9.47 Å². The molecule has 0 aliphatic heterocycles. The zero-order valence-electron chi connectivity index (χ0n) is 13.3. The summed E-state index contributed by atoms with van der Waals surface area (Å²) in [6, 6.07) is 0.481. The third-order valence-corrected chi connectivity index (χ3v) is 3.62. The van der Waals surface area contributed by atoms with E-state index in [1.54, 1.807) is 14.2 Å². The summed E-state index contributed by atoms with van der Waals surface area (Å²) >= 11 is 0. The molecule has 5 heteroatoms. The average Bonchev–Trinajstić information content (AvgIpc) is 2.40. The van der Waals surface area contributed by atoms with Crippen LogP contribution in [0.3, 0.4) is 0 Å². The lowest BCUT2D eigenvalue weighted by molar-refractivity contribution is -0.148. The van der Waals surface area contributed by atoms with Crippen LogP contribution in [0.25, 0.3) is 0 Å². The van der Waals surface area contributed by atoms with Crippen LogP contribution in [0.1, 0.15) is 33.6 Å². The van der Waals surface area contributed by atoms with Crippen molar-refractivity contribution < 1.29 is 14.3 Å². The fourth-order valence-electron chi connectivity index (χ4n) is 2.03. The summed E-state index contributed by atoms with van der Waals surface area (Å²) in [5.41, 5.74) is -0.599. The molecule has 5 nitrogen and oxygen atoms in total. The van der Waals surface area contributed by atoms with Gasteiger partial charge in [0.15, 0.2) is 0 Å². The van der Waals surface area contributed by atoms with Gasteiger partial charge in [0.2, 0.25) is 0 Å². The van der Waals surface area contributed by atoms with E-state index in [9.17, 15) is 4.79 Å². The molecule has 0 aliphatic rings. The summed E-state index contributed by atoms with van der Waals surface area (Å²) in [6.07, 6.45) is 1.70. The number of ether oxygens (including phenoxy) is 2. The van der Waals surface area contributed by atoms with E-state index in [1.165, 1.54) is 7.11 Å². The first-order valence-corrected chi connectivity index (χ1v) is 6.91. The SMILES string of the molecule is CNC(C)(CCCN(CCOC)C(C)C)C(=O)OC. The number of likely N-dealkylation sites (N-methyl/N-ethyl adjacent to an activating group) is 1. The minimum Gasteiger partial charge on any atom is -0.468 e. The predicted molar refractivity (Wildman–Crippen MR) is 77.3 cm³/mol. The highest BCUT2D eigenvalue weighted by Gasteiger charge is 2.31. The van der Waals surface area contributed by atoms with Gasteiger partial charge in [-0.3, -0.25) is 9.69 Å². The van der Waals surface area contributed by atoms with Gasteiger partial charge in [-0.05, 0) is 47.2 Å². The van der Waals surface area contributed by atoms with Crippen molar-refractivity contribution in [3.8, 4) is 0 Å². The van der Waals surface area contributed by atoms with Gasteiger partial charge < -0.3 is 14.8 Å². The Morgan fingerprint density at radius 3 is 2.37 bits per heavy atom. The molecule has 19 heavy (non-hydrogen) atoms. The Kier molecular flexibility index (Phi) is 8.97. The molecular formula is C14H30N2O3. The monoisotopic (exact) mass is 274 g/mol. The molecule has 0 fully saturated rings. The Balaban J connectivity index is 4.25. The van der Waals surface area contributed by atoms with E-state index in [0.717, 1.165) is 32.5 Å². The smallest absolute Gasteiger partial charge is 0.325 e. The van der Waals surface area contributed by atoms with Crippen LogP contribution < -0.4 is 5.32 Å². The lowest BCUT2D eigenvalue weighted by Gasteiger charge is -2.29. The van der Waals surface area contributed by atoms with Crippen LogP contribution in [0, 0.1) is 0 Å². The van der Waals surface area contributed by atoms with Gasteiger partial charge in [-0.25, -0.2) is 0 Å². The Hall–Kier alpha value is -0.650. The molecule has 0 saturated carbocycles. The summed E-state index contributed by atoms with van der Waals surface area (Å²) in [5, 5.41) is 3.06. The summed E-state index contributed by atoms with van der Waals surface area (Å²) in [6.45, 7) is 8.84. The molecule has 0 bridgehead atoms. The van der Waals surface area contributed by atoms with Gasteiger partial charge >= 0.3 is 5.97 Å². The quantitative estimate of drug-likeness (QED) is 0.608. The summed E-state index contributed by atoms with van der Waals surface area (Å²) in [4.78, 5) is 14.1. The second-order valence-electron chi connectivity index (χ2n) is 5.30. The first-order valence-electron chi connectivity index (χ1n) is 6.91. The highest BCUT2D eigenvalue weighted by Crippen LogP contribution is 2.15. The standard InChI is InChI=1S/C14H30N2O3/c1-12(2)16(10-11-18-5)9-7-8-14(3,15-4)13(17)19-6/h12,15H,7-11H2,1-6H3. The van der Waals surface area contributed by atoms with E-state index in [1.807, 2.05) is 6.92 Å². The molecule has 0 saturated heterocycles. The van der Waals surface area contributed by atoms with E-state index < -0.39 is 5.54 Å². The zero-order valence-corrected chi connectivity index (χ0v) is 13.3. The normalized spacial score (nSPS) is 14.7. The molecule has 1 atom stereocenters. The van der Waals surface area contributed by atoms with Crippen LogP contribution in [-0.2, 0) is 14.3 Å². The Bertz CT molecular complexity index is 259. The minimum atomic E-state index is -0.599.